The molecule has 0 aliphatic heterocycles. The second-order valence-electron chi connectivity index (χ2n) is 9.83. The third-order valence-corrected chi connectivity index (χ3v) is 8.05. The molecule has 0 radical (unpaired) electrons. The van der Waals surface area contributed by atoms with Crippen molar-refractivity contribution in [2.45, 2.75) is 84.0 Å². The van der Waals surface area contributed by atoms with E-state index in [-0.39, 0.29) is 28.1 Å². The van der Waals surface area contributed by atoms with Crippen molar-refractivity contribution in [1.29, 1.82) is 0 Å². The zero-order chi connectivity index (χ0) is 17.3. The molecule has 3 nitrogen and oxygen atoms in total. The van der Waals surface area contributed by atoms with Crippen LogP contribution in [0.5, 0.6) is 0 Å². The number of rotatable bonds is 1. The zero-order valence-electron chi connectivity index (χ0n) is 15.2. The highest BCUT2D eigenvalue weighted by Gasteiger charge is 2.67. The minimum absolute atomic E-state index is 0.0497. The Balaban J connectivity index is 2.05. The lowest BCUT2D eigenvalue weighted by molar-refractivity contribution is -0.274. The summed E-state index contributed by atoms with van der Waals surface area (Å²) in [6.07, 6.45) is 5.54. The van der Waals surface area contributed by atoms with Crippen LogP contribution in [-0.4, -0.2) is 33.1 Å². The maximum Gasteiger partial charge on any atom is 0.0947 e. The van der Waals surface area contributed by atoms with E-state index >= 15 is 0 Å². The van der Waals surface area contributed by atoms with E-state index in [0.29, 0.717) is 12.8 Å². The first-order chi connectivity index (χ1) is 10.5. The molecule has 0 aromatic carbocycles. The molecular formula is C20H34O3. The average molecular weight is 322 g/mol. The summed E-state index contributed by atoms with van der Waals surface area (Å²) >= 11 is 0. The molecule has 3 rings (SSSR count). The van der Waals surface area contributed by atoms with Gasteiger partial charge in [-0.1, -0.05) is 33.8 Å². The highest BCUT2D eigenvalue weighted by Crippen LogP contribution is 2.66. The van der Waals surface area contributed by atoms with E-state index in [0.717, 1.165) is 25.7 Å². The fourth-order valence-corrected chi connectivity index (χ4v) is 6.50. The molecule has 0 aromatic heterocycles. The quantitative estimate of drug-likeness (QED) is 0.649. The SMILES string of the molecule is C=C[C@@]1(C)CC[C@@H]2[C@](O)(C1)[C@H](O)C[C@@H]1C(C)(C)CC[C@@H](O)[C@@]12C. The van der Waals surface area contributed by atoms with Gasteiger partial charge in [-0.2, -0.15) is 0 Å². The molecule has 7 atom stereocenters. The predicted molar refractivity (Wildman–Crippen MR) is 91.8 cm³/mol. The van der Waals surface area contributed by atoms with Crippen LogP contribution in [0.25, 0.3) is 0 Å². The fraction of sp³-hybridized carbons (Fsp3) is 0.900. The Kier molecular flexibility index (Phi) is 3.84. The Hall–Kier alpha value is -0.380. The molecule has 132 valence electrons. The van der Waals surface area contributed by atoms with Gasteiger partial charge < -0.3 is 15.3 Å². The van der Waals surface area contributed by atoms with Gasteiger partial charge in [0.15, 0.2) is 0 Å². The monoisotopic (exact) mass is 322 g/mol. The summed E-state index contributed by atoms with van der Waals surface area (Å²) < 4.78 is 0. The van der Waals surface area contributed by atoms with Crippen LogP contribution < -0.4 is 0 Å². The largest absolute Gasteiger partial charge is 0.393 e. The molecule has 0 spiro atoms. The molecule has 0 bridgehead atoms. The van der Waals surface area contributed by atoms with Crippen molar-refractivity contribution in [3.8, 4) is 0 Å². The number of hydrogen-bond donors (Lipinski definition) is 3. The number of hydrogen-bond acceptors (Lipinski definition) is 3. The third-order valence-electron chi connectivity index (χ3n) is 8.05. The summed E-state index contributed by atoms with van der Waals surface area (Å²) in [7, 11) is 0. The van der Waals surface area contributed by atoms with Crippen molar-refractivity contribution in [3.05, 3.63) is 12.7 Å². The molecule has 3 aliphatic carbocycles. The van der Waals surface area contributed by atoms with E-state index in [2.05, 4.69) is 34.3 Å². The minimum atomic E-state index is -1.11. The smallest absolute Gasteiger partial charge is 0.0947 e. The Morgan fingerprint density at radius 2 is 1.61 bits per heavy atom. The third kappa shape index (κ3) is 2.26. The summed E-state index contributed by atoms with van der Waals surface area (Å²) in [5.74, 6) is 0.193. The topological polar surface area (TPSA) is 60.7 Å². The standard InChI is InChI=1S/C20H34O3/c1-6-18(4)10-7-13-19(5)14(11-16(22)20(13,23)12-18)17(2,3)9-8-15(19)21/h6,13-16,21-23H,1,7-12H2,2-5H3/t13-,14+,15+,16+,18-,19+,20+/m0/s1. The van der Waals surface area contributed by atoms with Crippen LogP contribution in [0, 0.1) is 28.1 Å². The van der Waals surface area contributed by atoms with Crippen molar-refractivity contribution >= 4 is 0 Å². The van der Waals surface area contributed by atoms with Gasteiger partial charge in [0.05, 0.1) is 17.8 Å². The molecule has 0 amide bonds. The van der Waals surface area contributed by atoms with Gasteiger partial charge in [-0.15, -0.1) is 6.58 Å². The van der Waals surface area contributed by atoms with Crippen molar-refractivity contribution < 1.29 is 15.3 Å². The van der Waals surface area contributed by atoms with E-state index < -0.39 is 17.8 Å². The van der Waals surface area contributed by atoms with Crippen LogP contribution in [0.2, 0.25) is 0 Å². The van der Waals surface area contributed by atoms with Gasteiger partial charge in [0, 0.05) is 5.41 Å². The van der Waals surface area contributed by atoms with E-state index in [1.807, 2.05) is 6.08 Å². The Labute approximate surface area is 140 Å². The maximum absolute atomic E-state index is 11.5. The molecular weight excluding hydrogens is 288 g/mol. The van der Waals surface area contributed by atoms with Crippen LogP contribution in [0.3, 0.4) is 0 Å². The van der Waals surface area contributed by atoms with Crippen LogP contribution in [0.4, 0.5) is 0 Å². The first kappa shape index (κ1) is 17.4. The Morgan fingerprint density at radius 3 is 2.22 bits per heavy atom. The van der Waals surface area contributed by atoms with E-state index in [4.69, 9.17) is 0 Å². The number of allylic oxidation sites excluding steroid dienone is 1. The predicted octanol–water partition coefficient (Wildman–Crippen LogP) is 3.28. The molecule has 0 heterocycles. The van der Waals surface area contributed by atoms with Crippen LogP contribution in [0.1, 0.15) is 66.2 Å². The van der Waals surface area contributed by atoms with E-state index in [9.17, 15) is 15.3 Å². The molecule has 3 heteroatoms. The van der Waals surface area contributed by atoms with Crippen LogP contribution in [0.15, 0.2) is 12.7 Å². The van der Waals surface area contributed by atoms with Crippen molar-refractivity contribution in [2.24, 2.45) is 28.1 Å². The molecule has 3 fully saturated rings. The Morgan fingerprint density at radius 1 is 0.957 bits per heavy atom. The summed E-state index contributed by atoms with van der Waals surface area (Å²) in [5.41, 5.74) is -1.47. The first-order valence-electron chi connectivity index (χ1n) is 9.22. The molecule has 0 aromatic rings. The molecule has 0 saturated heterocycles. The van der Waals surface area contributed by atoms with Gasteiger partial charge in [0.25, 0.3) is 0 Å². The van der Waals surface area contributed by atoms with Gasteiger partial charge in [-0.3, -0.25) is 0 Å². The first-order valence-corrected chi connectivity index (χ1v) is 9.22. The molecule has 23 heavy (non-hydrogen) atoms. The molecule has 0 unspecified atom stereocenters. The lowest BCUT2D eigenvalue weighted by Gasteiger charge is -2.67. The summed E-state index contributed by atoms with van der Waals surface area (Å²) in [6.45, 7) is 12.8. The average Bonchev–Trinajstić information content (AvgIpc) is 2.47. The normalized spacial score (nSPS) is 55.6. The molecule has 3 N–H and O–H groups in total. The summed E-state index contributed by atoms with van der Waals surface area (Å²) in [4.78, 5) is 0. The lowest BCUT2D eigenvalue weighted by atomic mass is 9.40. The number of aliphatic hydroxyl groups is 3. The fourth-order valence-electron chi connectivity index (χ4n) is 6.50. The Bertz CT molecular complexity index is 501. The molecule has 3 aliphatic rings. The van der Waals surface area contributed by atoms with Gasteiger partial charge in [0.2, 0.25) is 0 Å². The summed E-state index contributed by atoms with van der Waals surface area (Å²) in [5, 5.41) is 33.3. The van der Waals surface area contributed by atoms with Gasteiger partial charge in [-0.25, -0.2) is 0 Å². The van der Waals surface area contributed by atoms with Gasteiger partial charge in [-0.05, 0) is 61.2 Å². The van der Waals surface area contributed by atoms with Crippen molar-refractivity contribution in [1.82, 2.24) is 0 Å². The lowest BCUT2D eigenvalue weighted by Crippen LogP contribution is -2.70. The summed E-state index contributed by atoms with van der Waals surface area (Å²) in [6, 6.07) is 0. The van der Waals surface area contributed by atoms with Crippen molar-refractivity contribution in [2.75, 3.05) is 0 Å². The minimum Gasteiger partial charge on any atom is -0.393 e. The maximum atomic E-state index is 11.5. The highest BCUT2D eigenvalue weighted by atomic mass is 16.3. The van der Waals surface area contributed by atoms with Gasteiger partial charge in [0.1, 0.15) is 0 Å². The zero-order valence-corrected chi connectivity index (χ0v) is 15.2. The van der Waals surface area contributed by atoms with E-state index in [1.54, 1.807) is 0 Å². The van der Waals surface area contributed by atoms with Crippen LogP contribution in [-0.2, 0) is 0 Å². The number of fused-ring (bicyclic) bond motifs is 3. The van der Waals surface area contributed by atoms with Crippen molar-refractivity contribution in [3.63, 3.8) is 0 Å². The molecule has 3 saturated carbocycles. The van der Waals surface area contributed by atoms with Gasteiger partial charge >= 0.3 is 0 Å². The second-order valence-corrected chi connectivity index (χ2v) is 9.83. The number of aliphatic hydroxyl groups excluding tert-OH is 2. The second kappa shape index (κ2) is 5.06. The van der Waals surface area contributed by atoms with E-state index in [1.165, 1.54) is 0 Å². The highest BCUT2D eigenvalue weighted by molar-refractivity contribution is 5.18. The van der Waals surface area contributed by atoms with Crippen LogP contribution >= 0.6 is 0 Å².